The molecule has 0 spiro atoms. The maximum absolute atomic E-state index is 5.89. The molecule has 2 atom stereocenters. The summed E-state index contributed by atoms with van der Waals surface area (Å²) in [6.45, 7) is 15.3. The molecule has 0 bridgehead atoms. The third-order valence-corrected chi connectivity index (χ3v) is 5.46. The van der Waals surface area contributed by atoms with Crippen molar-refractivity contribution in [1.29, 1.82) is 0 Å². The fourth-order valence-corrected chi connectivity index (χ4v) is 4.37. The number of likely N-dealkylation sites (N-methyl/N-ethyl adjacent to an activating group) is 1. The van der Waals surface area contributed by atoms with E-state index in [2.05, 4.69) is 73.3 Å². The van der Waals surface area contributed by atoms with Crippen LogP contribution in [0.2, 0.25) is 0 Å². The van der Waals surface area contributed by atoms with E-state index in [9.17, 15) is 0 Å². The van der Waals surface area contributed by atoms with Crippen molar-refractivity contribution in [2.45, 2.75) is 79.2 Å². The molecule has 0 amide bonds. The van der Waals surface area contributed by atoms with Crippen LogP contribution in [-0.2, 0) is 6.42 Å². The van der Waals surface area contributed by atoms with Crippen LogP contribution in [0, 0.1) is 0 Å². The molecule has 0 aromatic heterocycles. The van der Waals surface area contributed by atoms with Crippen molar-refractivity contribution in [3.8, 4) is 5.75 Å². The lowest BCUT2D eigenvalue weighted by molar-refractivity contribution is 0.287. The predicted molar refractivity (Wildman–Crippen MR) is 144 cm³/mol. The summed E-state index contributed by atoms with van der Waals surface area (Å²) in [5.74, 6) is 1.86. The van der Waals surface area contributed by atoms with Gasteiger partial charge in [0, 0.05) is 61.9 Å². The smallest absolute Gasteiger partial charge is 0.122 e. The molecular formula is C23H42I2N2O. The molecule has 4 rings (SSSR count). The van der Waals surface area contributed by atoms with Gasteiger partial charge < -0.3 is 14.5 Å². The van der Waals surface area contributed by atoms with Gasteiger partial charge in [0.2, 0.25) is 0 Å². The Labute approximate surface area is 198 Å². The first-order valence-corrected chi connectivity index (χ1v) is 17.4. The van der Waals surface area contributed by atoms with Crippen molar-refractivity contribution in [3.63, 3.8) is 0 Å². The van der Waals surface area contributed by atoms with Crippen molar-refractivity contribution in [2.75, 3.05) is 38.7 Å². The van der Waals surface area contributed by atoms with Crippen LogP contribution in [0.25, 0.3) is 0 Å². The van der Waals surface area contributed by atoms with E-state index >= 15 is 0 Å². The summed E-state index contributed by atoms with van der Waals surface area (Å²) in [7, 11) is 4.54. The maximum Gasteiger partial charge on any atom is 0.122 e. The van der Waals surface area contributed by atoms with Gasteiger partial charge in [-0.15, -0.1) is 0 Å². The van der Waals surface area contributed by atoms with Crippen LogP contribution in [0.15, 0.2) is 12.1 Å². The summed E-state index contributed by atoms with van der Waals surface area (Å²) < 4.78 is 5.89. The number of hydrogen-bond donors (Lipinski definition) is 0. The molecule has 1 saturated heterocycles. The topological polar surface area (TPSA) is 15.7 Å². The van der Waals surface area contributed by atoms with Crippen molar-refractivity contribution in [3.05, 3.63) is 23.3 Å². The number of ether oxygens (including phenoxy) is 1. The van der Waals surface area contributed by atoms with Crippen LogP contribution in [0.3, 0.4) is 0 Å². The van der Waals surface area contributed by atoms with E-state index in [-0.39, 0.29) is 0 Å². The molecule has 0 saturated carbocycles. The van der Waals surface area contributed by atoms with Crippen LogP contribution in [-0.4, -0.2) is 44.7 Å². The molecule has 164 valence electrons. The molecule has 2 unspecified atom stereocenters. The molecule has 28 heavy (non-hydrogen) atoms. The maximum atomic E-state index is 5.89. The lowest BCUT2D eigenvalue weighted by Crippen LogP contribution is -2.31. The van der Waals surface area contributed by atoms with Crippen LogP contribution >= 0.6 is 37.2 Å². The zero-order valence-electron chi connectivity index (χ0n) is 19.3. The van der Waals surface area contributed by atoms with E-state index in [0.717, 1.165) is 12.4 Å². The second kappa shape index (κ2) is 16.0. The Morgan fingerprint density at radius 3 is 2.18 bits per heavy atom. The normalized spacial score (nSPS) is 21.7. The minimum atomic E-state index is 0.684. The Morgan fingerprint density at radius 1 is 0.929 bits per heavy atom. The third-order valence-electron chi connectivity index (χ3n) is 5.46. The molecule has 1 aromatic carbocycles. The molecule has 3 nitrogen and oxygen atoms in total. The number of nitrogens with zero attached hydrogens (tertiary/aromatic N) is 2. The van der Waals surface area contributed by atoms with Crippen molar-refractivity contribution in [1.82, 2.24) is 4.90 Å². The van der Waals surface area contributed by atoms with Crippen LogP contribution in [0.5, 0.6) is 5.75 Å². The second-order valence-corrected chi connectivity index (χ2v) is 6.59. The Morgan fingerprint density at radius 2 is 1.54 bits per heavy atom. The highest BCUT2D eigenvalue weighted by Crippen LogP contribution is 2.49. The highest BCUT2D eigenvalue weighted by Gasteiger charge is 2.40. The van der Waals surface area contributed by atoms with Crippen LogP contribution in [0.1, 0.15) is 77.8 Å². The number of likely N-dealkylation sites (tertiary alicyclic amines) is 1. The summed E-state index contributed by atoms with van der Waals surface area (Å²) >= 11 is 4.24. The summed E-state index contributed by atoms with van der Waals surface area (Å²) in [5, 5.41) is 0. The Bertz CT molecular complexity index is 540. The van der Waals surface area contributed by atoms with E-state index < -0.39 is 0 Å². The fourth-order valence-electron chi connectivity index (χ4n) is 4.37. The summed E-state index contributed by atoms with van der Waals surface area (Å²) in [5.41, 5.74) is 4.59. The first-order chi connectivity index (χ1) is 13.8. The largest absolute Gasteiger partial charge is 0.493 e. The lowest BCUT2D eigenvalue weighted by atomic mass is 9.86. The number of hydrogen-bond acceptors (Lipinski definition) is 3. The zero-order chi connectivity index (χ0) is 21.7. The monoisotopic (exact) mass is 616 g/mol. The molecule has 0 N–H and O–H groups in total. The Balaban J connectivity index is 0.000000818. The van der Waals surface area contributed by atoms with Gasteiger partial charge in [0.1, 0.15) is 5.75 Å². The molecule has 1 aromatic rings. The van der Waals surface area contributed by atoms with Gasteiger partial charge in [-0.1, -0.05) is 41.5 Å². The standard InChI is InChI=1S/C17H24N2O.3C2H6.I2/c1-18-9-7-12-14(8-10-18)19(2)15-5-6-16-13(17(12)15)4-3-11-20-16;4*1-2/h5-6,12,14H,3-4,7-11H2,1-2H3;3*1-2H3;. The van der Waals surface area contributed by atoms with Gasteiger partial charge in [-0.3, -0.25) is 0 Å². The minimum absolute atomic E-state index is 0.684. The molecule has 5 heteroatoms. The average molecular weight is 616 g/mol. The van der Waals surface area contributed by atoms with E-state index in [1.54, 1.807) is 5.56 Å². The van der Waals surface area contributed by atoms with Crippen LogP contribution < -0.4 is 9.64 Å². The van der Waals surface area contributed by atoms with Crippen molar-refractivity contribution < 1.29 is 4.74 Å². The molecule has 3 heterocycles. The van der Waals surface area contributed by atoms with Gasteiger partial charge in [0.15, 0.2) is 0 Å². The predicted octanol–water partition coefficient (Wildman–Crippen LogP) is 7.49. The quantitative estimate of drug-likeness (QED) is 0.281. The first kappa shape index (κ1) is 28.2. The minimum Gasteiger partial charge on any atom is -0.493 e. The lowest BCUT2D eigenvalue weighted by Gasteiger charge is -2.25. The fraction of sp³-hybridized carbons (Fsp3) is 0.739. The summed E-state index contributed by atoms with van der Waals surface area (Å²) in [6.07, 6.45) is 4.94. The van der Waals surface area contributed by atoms with E-state index in [4.69, 9.17) is 4.74 Å². The summed E-state index contributed by atoms with van der Waals surface area (Å²) in [6, 6.07) is 5.17. The number of benzene rings is 1. The second-order valence-electron chi connectivity index (χ2n) is 6.59. The van der Waals surface area contributed by atoms with Gasteiger partial charge in [0.25, 0.3) is 0 Å². The van der Waals surface area contributed by atoms with Crippen LogP contribution in [0.4, 0.5) is 5.69 Å². The summed E-state index contributed by atoms with van der Waals surface area (Å²) in [4.78, 5) is 5.02. The van der Waals surface area contributed by atoms with Crippen molar-refractivity contribution >= 4 is 42.9 Å². The van der Waals surface area contributed by atoms with Gasteiger partial charge in [-0.25, -0.2) is 0 Å². The third kappa shape index (κ3) is 6.62. The van der Waals surface area contributed by atoms with E-state index in [1.807, 2.05) is 41.5 Å². The average Bonchev–Trinajstić information content (AvgIpc) is 2.93. The van der Waals surface area contributed by atoms with E-state index in [1.165, 1.54) is 50.0 Å². The van der Waals surface area contributed by atoms with Gasteiger partial charge >= 0.3 is 0 Å². The van der Waals surface area contributed by atoms with Crippen molar-refractivity contribution in [2.24, 2.45) is 0 Å². The molecule has 1 fully saturated rings. The van der Waals surface area contributed by atoms with Gasteiger partial charge in [-0.2, -0.15) is 0 Å². The Kier molecular flexibility index (Phi) is 16.1. The zero-order valence-corrected chi connectivity index (χ0v) is 23.6. The highest BCUT2D eigenvalue weighted by molar-refractivity contribution is 15.0. The number of fused-ring (bicyclic) bond motifs is 5. The van der Waals surface area contributed by atoms with Gasteiger partial charge in [0.05, 0.1) is 6.61 Å². The number of rotatable bonds is 0. The highest BCUT2D eigenvalue weighted by atomic mass is 128. The first-order valence-electron chi connectivity index (χ1n) is 11.1. The molecular weight excluding hydrogens is 574 g/mol. The Hall–Kier alpha value is 0.240. The molecule has 3 aliphatic heterocycles. The SMILES string of the molecule is CC.CC.CC.CN1CCC2c3c(ccc4c3CCCO4)N(C)C2CC1.II. The molecule has 0 aliphatic carbocycles. The number of anilines is 1. The van der Waals surface area contributed by atoms with E-state index in [0.29, 0.717) is 12.0 Å². The number of halogens is 2. The molecule has 0 radical (unpaired) electrons. The van der Waals surface area contributed by atoms with Gasteiger partial charge in [-0.05, 0) is 69.1 Å². The molecule has 3 aliphatic rings.